The smallest absolute Gasteiger partial charge is 0.0995 e. The van der Waals surface area contributed by atoms with Crippen LogP contribution in [-0.4, -0.2) is 5.54 Å². The zero-order valence-electron chi connectivity index (χ0n) is 8.38. The van der Waals surface area contributed by atoms with Crippen molar-refractivity contribution < 1.29 is 0 Å². The molecule has 0 spiro atoms. The van der Waals surface area contributed by atoms with E-state index in [1.807, 2.05) is 24.3 Å². The largest absolute Gasteiger partial charge is 0.307 e. The Balaban J connectivity index is 2.05. The molecule has 0 heterocycles. The Morgan fingerprint density at radius 2 is 2.14 bits per heavy atom. The molecule has 2 nitrogen and oxygen atoms in total. The van der Waals surface area contributed by atoms with Gasteiger partial charge >= 0.3 is 0 Å². The van der Waals surface area contributed by atoms with E-state index < -0.39 is 0 Å². The van der Waals surface area contributed by atoms with Crippen LogP contribution in [0.2, 0.25) is 0 Å². The lowest BCUT2D eigenvalue weighted by atomic mass is 10.1. The quantitative estimate of drug-likeness (QED) is 0.785. The summed E-state index contributed by atoms with van der Waals surface area (Å²) in [5.41, 5.74) is 2.22. The SMILES string of the molecule is CC1(NCc2ccccc2C#N)CC1. The van der Waals surface area contributed by atoms with E-state index in [-0.39, 0.29) is 0 Å². The van der Waals surface area contributed by atoms with E-state index in [2.05, 4.69) is 18.3 Å². The highest BCUT2D eigenvalue weighted by molar-refractivity contribution is 5.37. The summed E-state index contributed by atoms with van der Waals surface area (Å²) in [6, 6.07) is 9.97. The third kappa shape index (κ3) is 1.94. The first-order valence-corrected chi connectivity index (χ1v) is 4.97. The molecule has 1 aliphatic carbocycles. The second-order valence-corrected chi connectivity index (χ2v) is 4.18. The monoisotopic (exact) mass is 186 g/mol. The van der Waals surface area contributed by atoms with E-state index in [0.29, 0.717) is 5.54 Å². The van der Waals surface area contributed by atoms with E-state index in [0.717, 1.165) is 17.7 Å². The normalized spacial score (nSPS) is 17.4. The number of hydrogen-bond donors (Lipinski definition) is 1. The number of hydrogen-bond acceptors (Lipinski definition) is 2. The van der Waals surface area contributed by atoms with Gasteiger partial charge in [-0.3, -0.25) is 0 Å². The van der Waals surface area contributed by atoms with Crippen molar-refractivity contribution in [3.63, 3.8) is 0 Å². The molecule has 1 aromatic carbocycles. The van der Waals surface area contributed by atoms with Crippen LogP contribution in [0.4, 0.5) is 0 Å². The average Bonchev–Trinajstić information content (AvgIpc) is 2.95. The second-order valence-electron chi connectivity index (χ2n) is 4.18. The van der Waals surface area contributed by atoms with Crippen LogP contribution in [0.15, 0.2) is 24.3 Å². The molecule has 2 rings (SSSR count). The maximum Gasteiger partial charge on any atom is 0.0995 e. The van der Waals surface area contributed by atoms with Crippen molar-refractivity contribution in [1.82, 2.24) is 5.32 Å². The van der Waals surface area contributed by atoms with E-state index in [4.69, 9.17) is 5.26 Å². The highest BCUT2D eigenvalue weighted by atomic mass is 15.0. The molecule has 1 fully saturated rings. The third-order valence-electron chi connectivity index (χ3n) is 2.84. The first-order valence-electron chi connectivity index (χ1n) is 4.97. The predicted molar refractivity (Wildman–Crippen MR) is 55.6 cm³/mol. The summed E-state index contributed by atoms with van der Waals surface area (Å²) in [6.07, 6.45) is 2.50. The summed E-state index contributed by atoms with van der Waals surface area (Å²) >= 11 is 0. The van der Waals surface area contributed by atoms with Crippen molar-refractivity contribution in [3.05, 3.63) is 35.4 Å². The van der Waals surface area contributed by atoms with Gasteiger partial charge in [-0.1, -0.05) is 18.2 Å². The summed E-state index contributed by atoms with van der Waals surface area (Å²) in [5, 5.41) is 12.4. The predicted octanol–water partition coefficient (Wildman–Crippen LogP) is 2.20. The van der Waals surface area contributed by atoms with E-state index in [9.17, 15) is 0 Å². The van der Waals surface area contributed by atoms with Crippen molar-refractivity contribution in [2.24, 2.45) is 0 Å². The number of rotatable bonds is 3. The van der Waals surface area contributed by atoms with Gasteiger partial charge in [0.15, 0.2) is 0 Å². The number of nitriles is 1. The van der Waals surface area contributed by atoms with Gasteiger partial charge in [-0.05, 0) is 31.4 Å². The first-order chi connectivity index (χ1) is 6.73. The number of nitrogens with zero attached hydrogens (tertiary/aromatic N) is 1. The number of benzene rings is 1. The minimum atomic E-state index is 0.336. The lowest BCUT2D eigenvalue weighted by molar-refractivity contribution is 0.537. The first kappa shape index (κ1) is 9.23. The van der Waals surface area contributed by atoms with Gasteiger partial charge in [-0.2, -0.15) is 5.26 Å². The molecule has 0 aromatic heterocycles. The standard InChI is InChI=1S/C12H14N2/c1-12(6-7-12)14-9-11-5-3-2-4-10(11)8-13/h2-5,14H,6-7,9H2,1H3. The van der Waals surface area contributed by atoms with E-state index in [1.54, 1.807) is 0 Å². The Morgan fingerprint density at radius 1 is 1.43 bits per heavy atom. The summed E-state index contributed by atoms with van der Waals surface area (Å²) in [5.74, 6) is 0. The van der Waals surface area contributed by atoms with Crippen LogP contribution in [0.5, 0.6) is 0 Å². The molecule has 1 N–H and O–H groups in total. The average molecular weight is 186 g/mol. The Labute approximate surface area is 84.6 Å². The molecule has 0 atom stereocenters. The van der Waals surface area contributed by atoms with Gasteiger partial charge in [0, 0.05) is 12.1 Å². The summed E-state index contributed by atoms with van der Waals surface area (Å²) in [7, 11) is 0. The zero-order chi connectivity index (χ0) is 10.0. The molecule has 0 unspecified atom stereocenters. The van der Waals surface area contributed by atoms with Crippen LogP contribution in [0.25, 0.3) is 0 Å². The lowest BCUT2D eigenvalue weighted by Gasteiger charge is -2.11. The van der Waals surface area contributed by atoms with Gasteiger partial charge < -0.3 is 5.32 Å². The molecular formula is C12H14N2. The molecule has 1 saturated carbocycles. The van der Waals surface area contributed by atoms with Gasteiger partial charge in [-0.15, -0.1) is 0 Å². The third-order valence-corrected chi connectivity index (χ3v) is 2.84. The van der Waals surface area contributed by atoms with Gasteiger partial charge in [0.05, 0.1) is 11.6 Å². The van der Waals surface area contributed by atoms with Crippen LogP contribution in [0.1, 0.15) is 30.9 Å². The van der Waals surface area contributed by atoms with Crippen LogP contribution in [0.3, 0.4) is 0 Å². The molecule has 72 valence electrons. The molecule has 0 radical (unpaired) electrons. The highest BCUT2D eigenvalue weighted by Gasteiger charge is 2.36. The molecule has 0 bridgehead atoms. The van der Waals surface area contributed by atoms with Gasteiger partial charge in [0.25, 0.3) is 0 Å². The molecule has 1 aliphatic rings. The Morgan fingerprint density at radius 3 is 2.79 bits per heavy atom. The minimum Gasteiger partial charge on any atom is -0.307 e. The fraction of sp³-hybridized carbons (Fsp3) is 0.417. The van der Waals surface area contributed by atoms with Crippen LogP contribution in [0, 0.1) is 11.3 Å². The zero-order valence-corrected chi connectivity index (χ0v) is 8.38. The fourth-order valence-electron chi connectivity index (χ4n) is 1.46. The van der Waals surface area contributed by atoms with Gasteiger partial charge in [0.2, 0.25) is 0 Å². The molecule has 0 aliphatic heterocycles. The fourth-order valence-corrected chi connectivity index (χ4v) is 1.46. The van der Waals surface area contributed by atoms with Crippen molar-refractivity contribution in [2.45, 2.75) is 31.8 Å². The molecule has 0 saturated heterocycles. The summed E-state index contributed by atoms with van der Waals surface area (Å²) < 4.78 is 0. The van der Waals surface area contributed by atoms with E-state index in [1.165, 1.54) is 12.8 Å². The van der Waals surface area contributed by atoms with Crippen molar-refractivity contribution in [3.8, 4) is 6.07 Å². The Kier molecular flexibility index (Phi) is 2.26. The van der Waals surface area contributed by atoms with Crippen LogP contribution < -0.4 is 5.32 Å². The highest BCUT2D eigenvalue weighted by Crippen LogP contribution is 2.34. The van der Waals surface area contributed by atoms with Crippen molar-refractivity contribution in [1.29, 1.82) is 5.26 Å². The molecule has 0 amide bonds. The summed E-state index contributed by atoms with van der Waals surface area (Å²) in [4.78, 5) is 0. The number of nitrogens with one attached hydrogen (secondary N) is 1. The maximum absolute atomic E-state index is 8.89. The summed E-state index contributed by atoms with van der Waals surface area (Å²) in [6.45, 7) is 3.03. The van der Waals surface area contributed by atoms with Gasteiger partial charge in [0.1, 0.15) is 0 Å². The lowest BCUT2D eigenvalue weighted by Crippen LogP contribution is -2.27. The van der Waals surface area contributed by atoms with Crippen LogP contribution >= 0.6 is 0 Å². The van der Waals surface area contributed by atoms with E-state index >= 15 is 0 Å². The van der Waals surface area contributed by atoms with Crippen molar-refractivity contribution >= 4 is 0 Å². The van der Waals surface area contributed by atoms with Crippen LogP contribution in [-0.2, 0) is 6.54 Å². The molecule has 1 aromatic rings. The maximum atomic E-state index is 8.89. The van der Waals surface area contributed by atoms with Gasteiger partial charge in [-0.25, -0.2) is 0 Å². The molecular weight excluding hydrogens is 172 g/mol. The molecule has 2 heteroatoms. The minimum absolute atomic E-state index is 0.336. The Bertz CT molecular complexity index is 372. The van der Waals surface area contributed by atoms with Crippen molar-refractivity contribution in [2.75, 3.05) is 0 Å². The topological polar surface area (TPSA) is 35.8 Å². The molecule has 14 heavy (non-hydrogen) atoms. The Hall–Kier alpha value is -1.33. The second kappa shape index (κ2) is 3.43.